The van der Waals surface area contributed by atoms with Crippen molar-refractivity contribution in [2.24, 2.45) is 5.92 Å². The predicted octanol–water partition coefficient (Wildman–Crippen LogP) is 4.70. The molecule has 0 aliphatic rings. The lowest BCUT2D eigenvalue weighted by molar-refractivity contribution is -0.385. The van der Waals surface area contributed by atoms with Crippen LogP contribution in [0.4, 0.5) is 5.69 Å². The summed E-state index contributed by atoms with van der Waals surface area (Å²) in [5.41, 5.74) is 2.64. The molecule has 9 heteroatoms. The molecule has 0 spiro atoms. The topological polar surface area (TPSA) is 111 Å². The number of nitro groups is 1. The highest BCUT2D eigenvalue weighted by Crippen LogP contribution is 2.30. The normalized spacial score (nSPS) is 11.5. The van der Waals surface area contributed by atoms with Crippen molar-refractivity contribution in [2.75, 3.05) is 20.3 Å². The quantitative estimate of drug-likeness (QED) is 0.252. The minimum atomic E-state index is -0.783. The third kappa shape index (κ3) is 8.56. The van der Waals surface area contributed by atoms with Gasteiger partial charge in [-0.1, -0.05) is 74.0 Å². The molecule has 0 aliphatic heterocycles. The van der Waals surface area contributed by atoms with Gasteiger partial charge in [0.1, 0.15) is 11.8 Å². The summed E-state index contributed by atoms with van der Waals surface area (Å²) < 4.78 is 10.8. The summed E-state index contributed by atoms with van der Waals surface area (Å²) >= 11 is 0. The van der Waals surface area contributed by atoms with E-state index in [1.165, 1.54) is 25.3 Å². The van der Waals surface area contributed by atoms with Crippen molar-refractivity contribution in [2.45, 2.75) is 39.8 Å². The SMILES string of the molecule is COc1cc(OCC(=O)N(Cc2cccc(C)c2)C(Cc2ccccc2)C(=O)NCC(C)C)ccc1[N+](=O)[O-]. The molecule has 0 aromatic heterocycles. The van der Waals surface area contributed by atoms with Crippen molar-refractivity contribution in [3.05, 3.63) is 99.6 Å². The van der Waals surface area contributed by atoms with Crippen LogP contribution < -0.4 is 14.8 Å². The first kappa shape index (κ1) is 29.2. The van der Waals surface area contributed by atoms with Gasteiger partial charge in [-0.2, -0.15) is 0 Å². The van der Waals surface area contributed by atoms with Crippen LogP contribution >= 0.6 is 0 Å². The molecule has 9 nitrogen and oxygen atoms in total. The van der Waals surface area contributed by atoms with Crippen LogP contribution in [0, 0.1) is 23.0 Å². The van der Waals surface area contributed by atoms with E-state index < -0.39 is 16.9 Å². The van der Waals surface area contributed by atoms with E-state index in [4.69, 9.17) is 9.47 Å². The first-order valence-corrected chi connectivity index (χ1v) is 12.8. The van der Waals surface area contributed by atoms with E-state index in [0.717, 1.165) is 16.7 Å². The minimum absolute atomic E-state index is 0.0246. The minimum Gasteiger partial charge on any atom is -0.490 e. The lowest BCUT2D eigenvalue weighted by Gasteiger charge is -2.31. The zero-order valence-corrected chi connectivity index (χ0v) is 22.8. The Hall–Kier alpha value is -4.40. The van der Waals surface area contributed by atoms with E-state index in [1.54, 1.807) is 4.90 Å². The van der Waals surface area contributed by atoms with Gasteiger partial charge in [0.25, 0.3) is 5.91 Å². The Kier molecular flexibility index (Phi) is 10.4. The number of hydrogen-bond donors (Lipinski definition) is 1. The number of ether oxygens (including phenoxy) is 2. The molecule has 0 saturated heterocycles. The summed E-state index contributed by atoms with van der Waals surface area (Å²) in [4.78, 5) is 39.4. The number of benzene rings is 3. The second-order valence-corrected chi connectivity index (χ2v) is 9.73. The Morgan fingerprint density at radius 3 is 2.36 bits per heavy atom. The molecule has 0 saturated carbocycles. The largest absolute Gasteiger partial charge is 0.490 e. The van der Waals surface area contributed by atoms with Gasteiger partial charge in [0.15, 0.2) is 6.61 Å². The number of carbonyl (C=O) groups excluding carboxylic acids is 2. The molecule has 3 aromatic carbocycles. The molecular weight excluding hydrogens is 498 g/mol. The number of aryl methyl sites for hydroxylation is 1. The van der Waals surface area contributed by atoms with Crippen LogP contribution in [-0.2, 0) is 22.6 Å². The number of carbonyl (C=O) groups is 2. The van der Waals surface area contributed by atoms with Gasteiger partial charge in [-0.15, -0.1) is 0 Å². The van der Waals surface area contributed by atoms with Gasteiger partial charge >= 0.3 is 5.69 Å². The third-order valence-electron chi connectivity index (χ3n) is 6.10. The van der Waals surface area contributed by atoms with E-state index in [-0.39, 0.29) is 42.2 Å². The van der Waals surface area contributed by atoms with Crippen LogP contribution in [0.2, 0.25) is 0 Å². The van der Waals surface area contributed by atoms with Gasteiger partial charge in [-0.05, 0) is 30.0 Å². The molecule has 206 valence electrons. The van der Waals surface area contributed by atoms with Crippen LogP contribution in [0.3, 0.4) is 0 Å². The summed E-state index contributed by atoms with van der Waals surface area (Å²) in [6.45, 7) is 6.31. The molecular formula is C30H35N3O6. The summed E-state index contributed by atoms with van der Waals surface area (Å²) in [6.07, 6.45) is 0.327. The number of nitro benzene ring substituents is 1. The average molecular weight is 534 g/mol. The molecule has 1 atom stereocenters. The predicted molar refractivity (Wildman–Crippen MR) is 149 cm³/mol. The number of amides is 2. The maximum Gasteiger partial charge on any atom is 0.311 e. The molecule has 0 radical (unpaired) electrons. The Morgan fingerprint density at radius 1 is 1.00 bits per heavy atom. The van der Waals surface area contributed by atoms with E-state index in [1.807, 2.05) is 75.4 Å². The number of methoxy groups -OCH3 is 1. The van der Waals surface area contributed by atoms with Gasteiger partial charge in [0, 0.05) is 31.6 Å². The Morgan fingerprint density at radius 2 is 1.72 bits per heavy atom. The summed E-state index contributed by atoms with van der Waals surface area (Å²) in [5, 5.41) is 14.2. The standard InChI is InChI=1S/C30H35N3O6/c1-21(2)18-31-30(35)27(16-23-10-6-5-7-11-23)32(19-24-12-8-9-22(3)15-24)29(34)20-39-25-13-14-26(33(36)37)28(17-25)38-4/h5-15,17,21,27H,16,18-20H2,1-4H3,(H,31,35). The van der Waals surface area contributed by atoms with E-state index in [0.29, 0.717) is 13.0 Å². The molecule has 0 bridgehead atoms. The molecule has 3 aromatic rings. The van der Waals surface area contributed by atoms with Gasteiger partial charge in [0.2, 0.25) is 11.7 Å². The Labute approximate surface area is 228 Å². The van der Waals surface area contributed by atoms with Gasteiger partial charge < -0.3 is 19.7 Å². The van der Waals surface area contributed by atoms with Crippen molar-refractivity contribution in [3.63, 3.8) is 0 Å². The van der Waals surface area contributed by atoms with Crippen LogP contribution in [0.5, 0.6) is 11.5 Å². The zero-order chi connectivity index (χ0) is 28.4. The van der Waals surface area contributed by atoms with Gasteiger partial charge in [-0.25, -0.2) is 0 Å². The number of nitrogens with zero attached hydrogens (tertiary/aromatic N) is 2. The monoisotopic (exact) mass is 533 g/mol. The van der Waals surface area contributed by atoms with E-state index in [9.17, 15) is 19.7 Å². The fourth-order valence-corrected chi connectivity index (χ4v) is 4.11. The second-order valence-electron chi connectivity index (χ2n) is 9.73. The smallest absolute Gasteiger partial charge is 0.311 e. The highest BCUT2D eigenvalue weighted by Gasteiger charge is 2.31. The third-order valence-corrected chi connectivity index (χ3v) is 6.10. The van der Waals surface area contributed by atoms with Crippen LogP contribution in [0.25, 0.3) is 0 Å². The van der Waals surface area contributed by atoms with Crippen molar-refractivity contribution >= 4 is 17.5 Å². The van der Waals surface area contributed by atoms with Crippen LogP contribution in [-0.4, -0.2) is 47.9 Å². The lowest BCUT2D eigenvalue weighted by Crippen LogP contribution is -2.52. The highest BCUT2D eigenvalue weighted by atomic mass is 16.6. The van der Waals surface area contributed by atoms with Crippen molar-refractivity contribution < 1.29 is 24.0 Å². The van der Waals surface area contributed by atoms with E-state index in [2.05, 4.69) is 5.32 Å². The number of rotatable bonds is 13. The first-order valence-electron chi connectivity index (χ1n) is 12.8. The molecule has 0 fully saturated rings. The Bertz CT molecular complexity index is 1280. The van der Waals surface area contributed by atoms with Gasteiger partial charge in [0.05, 0.1) is 12.0 Å². The maximum absolute atomic E-state index is 13.7. The van der Waals surface area contributed by atoms with Crippen LogP contribution in [0.15, 0.2) is 72.8 Å². The fraction of sp³-hybridized carbons (Fsp3) is 0.333. The summed E-state index contributed by atoms with van der Waals surface area (Å²) in [6, 6.07) is 20.6. The molecule has 3 rings (SSSR count). The van der Waals surface area contributed by atoms with Crippen molar-refractivity contribution in [1.82, 2.24) is 10.2 Å². The summed E-state index contributed by atoms with van der Waals surface area (Å²) in [7, 11) is 1.32. The number of hydrogen-bond acceptors (Lipinski definition) is 6. The van der Waals surface area contributed by atoms with Gasteiger partial charge in [-0.3, -0.25) is 19.7 Å². The van der Waals surface area contributed by atoms with Crippen molar-refractivity contribution in [3.8, 4) is 11.5 Å². The second kappa shape index (κ2) is 13.9. The van der Waals surface area contributed by atoms with E-state index >= 15 is 0 Å². The molecule has 2 amide bonds. The van der Waals surface area contributed by atoms with Crippen molar-refractivity contribution in [1.29, 1.82) is 0 Å². The molecule has 39 heavy (non-hydrogen) atoms. The number of nitrogens with one attached hydrogen (secondary N) is 1. The molecule has 1 N–H and O–H groups in total. The Balaban J connectivity index is 1.91. The first-order chi connectivity index (χ1) is 18.7. The molecule has 0 heterocycles. The lowest BCUT2D eigenvalue weighted by atomic mass is 10.0. The molecule has 0 aliphatic carbocycles. The fourth-order valence-electron chi connectivity index (χ4n) is 4.11. The zero-order valence-electron chi connectivity index (χ0n) is 22.8. The summed E-state index contributed by atoms with van der Waals surface area (Å²) in [5.74, 6) is -0.130. The van der Waals surface area contributed by atoms with Crippen LogP contribution in [0.1, 0.15) is 30.5 Å². The highest BCUT2D eigenvalue weighted by molar-refractivity contribution is 5.88. The maximum atomic E-state index is 13.7. The average Bonchev–Trinajstić information content (AvgIpc) is 2.92. The molecule has 1 unspecified atom stereocenters.